The van der Waals surface area contributed by atoms with E-state index in [-0.39, 0.29) is 11.8 Å². The lowest BCUT2D eigenvalue weighted by Gasteiger charge is -2.15. The van der Waals surface area contributed by atoms with Crippen molar-refractivity contribution >= 4 is 22.6 Å². The standard InChI is InChI=1S/C19H21NO3/c21-18(20-11-10-17(13-20)19(22)23)7-3-4-14-8-9-15-5-1-2-6-16(15)12-14/h1-2,5-6,8-9,12,17H,3-4,7,10-11,13H2,(H,22,23). The molecule has 1 amide bonds. The zero-order valence-electron chi connectivity index (χ0n) is 13.1. The number of likely N-dealkylation sites (tertiary alicyclic amines) is 1. The van der Waals surface area contributed by atoms with Crippen molar-refractivity contribution in [3.8, 4) is 0 Å². The number of carbonyl (C=O) groups is 2. The number of carboxylic acid groups (broad SMARTS) is 1. The molecule has 2 aromatic rings. The zero-order valence-corrected chi connectivity index (χ0v) is 13.1. The van der Waals surface area contributed by atoms with E-state index < -0.39 is 5.97 Å². The van der Waals surface area contributed by atoms with Crippen molar-refractivity contribution in [3.05, 3.63) is 48.0 Å². The summed E-state index contributed by atoms with van der Waals surface area (Å²) in [6, 6.07) is 14.7. The van der Waals surface area contributed by atoms with E-state index in [2.05, 4.69) is 30.3 Å². The van der Waals surface area contributed by atoms with Crippen molar-refractivity contribution in [2.45, 2.75) is 25.7 Å². The number of amides is 1. The minimum Gasteiger partial charge on any atom is -0.481 e. The average Bonchev–Trinajstić information content (AvgIpc) is 3.05. The van der Waals surface area contributed by atoms with Crippen LogP contribution in [0.1, 0.15) is 24.8 Å². The summed E-state index contributed by atoms with van der Waals surface area (Å²) in [4.78, 5) is 24.8. The Labute approximate surface area is 135 Å². The highest BCUT2D eigenvalue weighted by atomic mass is 16.4. The molecule has 1 heterocycles. The fourth-order valence-electron chi connectivity index (χ4n) is 3.18. The van der Waals surface area contributed by atoms with E-state index in [1.807, 2.05) is 12.1 Å². The molecule has 1 saturated heterocycles. The molecule has 2 aromatic carbocycles. The monoisotopic (exact) mass is 311 g/mol. The molecule has 0 bridgehead atoms. The Balaban J connectivity index is 1.50. The van der Waals surface area contributed by atoms with Crippen LogP contribution in [0.5, 0.6) is 0 Å². The molecule has 0 aliphatic carbocycles. The maximum absolute atomic E-state index is 12.1. The molecule has 1 atom stereocenters. The molecule has 0 spiro atoms. The van der Waals surface area contributed by atoms with E-state index in [1.165, 1.54) is 16.3 Å². The fourth-order valence-corrected chi connectivity index (χ4v) is 3.18. The molecule has 1 aliphatic heterocycles. The van der Waals surface area contributed by atoms with Crippen molar-refractivity contribution in [1.29, 1.82) is 0 Å². The van der Waals surface area contributed by atoms with Gasteiger partial charge in [0, 0.05) is 19.5 Å². The molecule has 1 N–H and O–H groups in total. The number of aryl methyl sites for hydroxylation is 1. The van der Waals surface area contributed by atoms with Crippen LogP contribution in [0, 0.1) is 5.92 Å². The molecule has 1 fully saturated rings. The summed E-state index contributed by atoms with van der Waals surface area (Å²) in [5.41, 5.74) is 1.24. The summed E-state index contributed by atoms with van der Waals surface area (Å²) in [5.74, 6) is -1.11. The number of carboxylic acids is 1. The average molecular weight is 311 g/mol. The molecule has 4 nitrogen and oxygen atoms in total. The van der Waals surface area contributed by atoms with Gasteiger partial charge < -0.3 is 10.0 Å². The second kappa shape index (κ2) is 6.82. The van der Waals surface area contributed by atoms with E-state index in [0.29, 0.717) is 25.9 Å². The van der Waals surface area contributed by atoms with Crippen LogP contribution in [0.4, 0.5) is 0 Å². The van der Waals surface area contributed by atoms with Crippen LogP contribution in [0.25, 0.3) is 10.8 Å². The number of aliphatic carboxylic acids is 1. The quantitative estimate of drug-likeness (QED) is 0.923. The van der Waals surface area contributed by atoms with Gasteiger partial charge in [-0.15, -0.1) is 0 Å². The summed E-state index contributed by atoms with van der Waals surface area (Å²) in [7, 11) is 0. The maximum Gasteiger partial charge on any atom is 0.308 e. The summed E-state index contributed by atoms with van der Waals surface area (Å²) < 4.78 is 0. The first-order valence-electron chi connectivity index (χ1n) is 8.12. The highest BCUT2D eigenvalue weighted by Gasteiger charge is 2.30. The summed E-state index contributed by atoms with van der Waals surface area (Å²) in [5, 5.41) is 11.4. The number of nitrogens with zero attached hydrogens (tertiary/aromatic N) is 1. The molecule has 0 aromatic heterocycles. The van der Waals surface area contributed by atoms with Crippen LogP contribution in [0.3, 0.4) is 0 Å². The first-order valence-corrected chi connectivity index (χ1v) is 8.12. The van der Waals surface area contributed by atoms with Gasteiger partial charge in [-0.3, -0.25) is 9.59 Å². The lowest BCUT2D eigenvalue weighted by atomic mass is 10.0. The van der Waals surface area contributed by atoms with Crippen molar-refractivity contribution in [3.63, 3.8) is 0 Å². The number of carbonyl (C=O) groups excluding carboxylic acids is 1. The van der Waals surface area contributed by atoms with E-state index in [4.69, 9.17) is 5.11 Å². The van der Waals surface area contributed by atoms with Crippen LogP contribution < -0.4 is 0 Å². The number of rotatable bonds is 5. The SMILES string of the molecule is O=C(O)C1CCN(C(=O)CCCc2ccc3ccccc3c2)C1. The predicted octanol–water partition coefficient (Wildman–Crippen LogP) is 3.10. The Hall–Kier alpha value is -2.36. The number of hydrogen-bond donors (Lipinski definition) is 1. The number of benzene rings is 2. The normalized spacial score (nSPS) is 17.6. The summed E-state index contributed by atoms with van der Waals surface area (Å²) in [6.45, 7) is 0.940. The van der Waals surface area contributed by atoms with Crippen LogP contribution in [-0.4, -0.2) is 35.0 Å². The highest BCUT2D eigenvalue weighted by molar-refractivity contribution is 5.83. The van der Waals surface area contributed by atoms with E-state index in [9.17, 15) is 9.59 Å². The van der Waals surface area contributed by atoms with E-state index >= 15 is 0 Å². The molecule has 0 radical (unpaired) electrons. The van der Waals surface area contributed by atoms with Gasteiger partial charge in [0.05, 0.1) is 5.92 Å². The third-order valence-electron chi connectivity index (χ3n) is 4.56. The van der Waals surface area contributed by atoms with Gasteiger partial charge in [-0.05, 0) is 35.6 Å². The molecule has 0 saturated carbocycles. The molecular formula is C19H21NO3. The second-order valence-electron chi connectivity index (χ2n) is 6.20. The van der Waals surface area contributed by atoms with Gasteiger partial charge in [-0.2, -0.15) is 0 Å². The zero-order chi connectivity index (χ0) is 16.2. The first-order chi connectivity index (χ1) is 11.1. The number of hydrogen-bond acceptors (Lipinski definition) is 2. The molecule has 23 heavy (non-hydrogen) atoms. The Kier molecular flexibility index (Phi) is 4.60. The van der Waals surface area contributed by atoms with Crippen molar-refractivity contribution < 1.29 is 14.7 Å². The molecule has 120 valence electrons. The van der Waals surface area contributed by atoms with Crippen LogP contribution in [0.15, 0.2) is 42.5 Å². The van der Waals surface area contributed by atoms with Gasteiger partial charge in [-0.1, -0.05) is 42.5 Å². The van der Waals surface area contributed by atoms with Crippen LogP contribution in [0.2, 0.25) is 0 Å². The van der Waals surface area contributed by atoms with Crippen molar-refractivity contribution in [2.24, 2.45) is 5.92 Å². The van der Waals surface area contributed by atoms with Gasteiger partial charge in [0.15, 0.2) is 0 Å². The topological polar surface area (TPSA) is 57.6 Å². The van der Waals surface area contributed by atoms with Crippen LogP contribution in [-0.2, 0) is 16.0 Å². The van der Waals surface area contributed by atoms with Crippen molar-refractivity contribution in [1.82, 2.24) is 4.90 Å². The van der Waals surface area contributed by atoms with Gasteiger partial charge in [0.25, 0.3) is 0 Å². The summed E-state index contributed by atoms with van der Waals surface area (Å²) >= 11 is 0. The minimum atomic E-state index is -0.795. The van der Waals surface area contributed by atoms with Gasteiger partial charge >= 0.3 is 5.97 Å². The van der Waals surface area contributed by atoms with E-state index in [1.54, 1.807) is 4.90 Å². The maximum atomic E-state index is 12.1. The molecule has 1 unspecified atom stereocenters. The largest absolute Gasteiger partial charge is 0.481 e. The Morgan fingerprint density at radius 1 is 1.13 bits per heavy atom. The lowest BCUT2D eigenvalue weighted by Crippen LogP contribution is -2.29. The predicted molar refractivity (Wildman–Crippen MR) is 89.2 cm³/mol. The third-order valence-corrected chi connectivity index (χ3v) is 4.56. The Bertz CT molecular complexity index is 725. The van der Waals surface area contributed by atoms with Crippen molar-refractivity contribution in [2.75, 3.05) is 13.1 Å². The molecule has 4 heteroatoms. The third kappa shape index (κ3) is 3.70. The van der Waals surface area contributed by atoms with Gasteiger partial charge in [-0.25, -0.2) is 0 Å². The first kappa shape index (κ1) is 15.5. The highest BCUT2D eigenvalue weighted by Crippen LogP contribution is 2.19. The number of fused-ring (bicyclic) bond motifs is 1. The summed E-state index contributed by atoms with van der Waals surface area (Å²) in [6.07, 6.45) is 2.73. The Morgan fingerprint density at radius 2 is 1.91 bits per heavy atom. The Morgan fingerprint density at radius 3 is 2.65 bits per heavy atom. The van der Waals surface area contributed by atoms with E-state index in [0.717, 1.165) is 12.8 Å². The lowest BCUT2D eigenvalue weighted by molar-refractivity contribution is -0.141. The second-order valence-corrected chi connectivity index (χ2v) is 6.20. The molecule has 3 rings (SSSR count). The van der Waals surface area contributed by atoms with Crippen LogP contribution >= 0.6 is 0 Å². The molecule has 1 aliphatic rings. The van der Waals surface area contributed by atoms with Gasteiger partial charge in [0.2, 0.25) is 5.91 Å². The smallest absolute Gasteiger partial charge is 0.308 e. The minimum absolute atomic E-state index is 0.0783. The van der Waals surface area contributed by atoms with Gasteiger partial charge in [0.1, 0.15) is 0 Å². The fraction of sp³-hybridized carbons (Fsp3) is 0.368. The molecular weight excluding hydrogens is 290 g/mol.